The molecule has 0 fully saturated rings. The maximum Gasteiger partial charge on any atom is 0.265 e. The summed E-state index contributed by atoms with van der Waals surface area (Å²) in [4.78, 5) is 2.37. The minimum Gasteiger partial charge on any atom is -0.375 e. The van der Waals surface area contributed by atoms with Crippen LogP contribution in [0.2, 0.25) is 0 Å². The van der Waals surface area contributed by atoms with Gasteiger partial charge in [-0.05, 0) is 44.5 Å². The van der Waals surface area contributed by atoms with Crippen LogP contribution in [0.5, 0.6) is 0 Å². The monoisotopic (exact) mass is 336 g/mol. The lowest BCUT2D eigenvalue weighted by Crippen LogP contribution is -2.18. The zero-order valence-corrected chi connectivity index (χ0v) is 14.9. The summed E-state index contributed by atoms with van der Waals surface area (Å²) < 4.78 is 27.6. The Hall–Kier alpha value is -2.02. The molecule has 7 heteroatoms. The highest BCUT2D eigenvalue weighted by molar-refractivity contribution is 7.92. The predicted octanol–water partition coefficient (Wildman–Crippen LogP) is 3.06. The van der Waals surface area contributed by atoms with Crippen LogP contribution in [0.15, 0.2) is 29.2 Å². The predicted molar refractivity (Wildman–Crippen MR) is 93.5 cm³/mol. The van der Waals surface area contributed by atoms with Gasteiger partial charge < -0.3 is 4.90 Å². The van der Waals surface area contributed by atoms with E-state index in [-0.39, 0.29) is 4.90 Å². The largest absolute Gasteiger partial charge is 0.375 e. The lowest BCUT2D eigenvalue weighted by atomic mass is 10.2. The first kappa shape index (κ1) is 17.3. The number of nitrogens with one attached hydrogen (secondary N) is 2. The molecule has 0 saturated carbocycles. The maximum absolute atomic E-state index is 12.5. The molecule has 126 valence electrons. The first-order valence-electron chi connectivity index (χ1n) is 7.70. The van der Waals surface area contributed by atoms with Gasteiger partial charge in [-0.3, -0.25) is 9.82 Å². The molecule has 23 heavy (non-hydrogen) atoms. The SMILES string of the molecule is CCCCN(C)c1ccc(NS(=O)(=O)c2c(C)n[nH]c2C)cc1. The van der Waals surface area contributed by atoms with E-state index < -0.39 is 10.0 Å². The average Bonchev–Trinajstić information content (AvgIpc) is 2.85. The number of unbranched alkanes of at least 4 members (excludes halogenated alkanes) is 1. The summed E-state index contributed by atoms with van der Waals surface area (Å²) >= 11 is 0. The fraction of sp³-hybridized carbons (Fsp3) is 0.438. The van der Waals surface area contributed by atoms with Crippen LogP contribution in [0.3, 0.4) is 0 Å². The third-order valence-corrected chi connectivity index (χ3v) is 5.38. The van der Waals surface area contributed by atoms with Crippen molar-refractivity contribution >= 4 is 21.4 Å². The molecule has 1 heterocycles. The van der Waals surface area contributed by atoms with E-state index in [2.05, 4.69) is 26.7 Å². The molecule has 0 aliphatic carbocycles. The van der Waals surface area contributed by atoms with E-state index in [1.54, 1.807) is 26.0 Å². The second-order valence-corrected chi connectivity index (χ2v) is 7.31. The topological polar surface area (TPSA) is 78.1 Å². The van der Waals surface area contributed by atoms with Crippen LogP contribution in [-0.2, 0) is 10.0 Å². The van der Waals surface area contributed by atoms with Gasteiger partial charge in [-0.25, -0.2) is 8.42 Å². The summed E-state index contributed by atoms with van der Waals surface area (Å²) in [6, 6.07) is 7.39. The van der Waals surface area contributed by atoms with Crippen LogP contribution in [0.25, 0.3) is 0 Å². The smallest absolute Gasteiger partial charge is 0.265 e. The number of aryl methyl sites for hydroxylation is 2. The Bertz CT molecular complexity index is 731. The van der Waals surface area contributed by atoms with Crippen LogP contribution in [0.1, 0.15) is 31.2 Å². The van der Waals surface area contributed by atoms with Gasteiger partial charge in [0.15, 0.2) is 0 Å². The van der Waals surface area contributed by atoms with E-state index >= 15 is 0 Å². The number of H-pyrrole nitrogens is 1. The first-order valence-corrected chi connectivity index (χ1v) is 9.19. The maximum atomic E-state index is 12.5. The number of aromatic amines is 1. The number of rotatable bonds is 7. The molecule has 2 aromatic rings. The van der Waals surface area contributed by atoms with Gasteiger partial charge in [-0.1, -0.05) is 13.3 Å². The van der Waals surface area contributed by atoms with Gasteiger partial charge in [0.25, 0.3) is 10.0 Å². The molecule has 6 nitrogen and oxygen atoms in total. The number of hydrogen-bond donors (Lipinski definition) is 2. The summed E-state index contributed by atoms with van der Waals surface area (Å²) in [5.41, 5.74) is 2.60. The van der Waals surface area contributed by atoms with Gasteiger partial charge in [0.2, 0.25) is 0 Å². The molecule has 0 amide bonds. The molecule has 1 aromatic heterocycles. The first-order chi connectivity index (χ1) is 10.8. The van der Waals surface area contributed by atoms with Gasteiger partial charge in [0.1, 0.15) is 4.90 Å². The van der Waals surface area contributed by atoms with Crippen LogP contribution >= 0.6 is 0 Å². The van der Waals surface area contributed by atoms with E-state index in [4.69, 9.17) is 0 Å². The van der Waals surface area contributed by atoms with E-state index in [9.17, 15) is 8.42 Å². The zero-order valence-electron chi connectivity index (χ0n) is 14.0. The second-order valence-electron chi connectivity index (χ2n) is 5.69. The quantitative estimate of drug-likeness (QED) is 0.814. The van der Waals surface area contributed by atoms with E-state index in [1.807, 2.05) is 19.2 Å². The van der Waals surface area contributed by atoms with Crippen molar-refractivity contribution in [3.8, 4) is 0 Å². The van der Waals surface area contributed by atoms with Gasteiger partial charge in [-0.2, -0.15) is 5.10 Å². The molecule has 0 spiro atoms. The van der Waals surface area contributed by atoms with Crippen LogP contribution in [0, 0.1) is 13.8 Å². The zero-order chi connectivity index (χ0) is 17.0. The second kappa shape index (κ2) is 7.04. The Labute approximate surface area is 138 Å². The third-order valence-electron chi connectivity index (χ3n) is 3.74. The van der Waals surface area contributed by atoms with Crippen molar-refractivity contribution in [2.45, 2.75) is 38.5 Å². The summed E-state index contributed by atoms with van der Waals surface area (Å²) in [6.07, 6.45) is 2.27. The van der Waals surface area contributed by atoms with Crippen LogP contribution in [-0.4, -0.2) is 32.2 Å². The molecular formula is C16H24N4O2S. The van der Waals surface area contributed by atoms with E-state index in [1.165, 1.54) is 0 Å². The van der Waals surface area contributed by atoms with Crippen molar-refractivity contribution in [2.75, 3.05) is 23.2 Å². The standard InChI is InChI=1S/C16H24N4O2S/c1-5-6-11-20(4)15-9-7-14(8-10-15)19-23(21,22)16-12(2)17-18-13(16)3/h7-10,19H,5-6,11H2,1-4H3,(H,17,18). The van der Waals surface area contributed by atoms with Crippen molar-refractivity contribution in [2.24, 2.45) is 0 Å². The highest BCUT2D eigenvalue weighted by Gasteiger charge is 2.22. The molecule has 0 radical (unpaired) electrons. The summed E-state index contributed by atoms with van der Waals surface area (Å²) in [7, 11) is -1.60. The van der Waals surface area contributed by atoms with Crippen molar-refractivity contribution in [1.82, 2.24) is 10.2 Å². The van der Waals surface area contributed by atoms with Gasteiger partial charge in [0, 0.05) is 25.0 Å². The average molecular weight is 336 g/mol. The Kier molecular flexibility index (Phi) is 5.30. The van der Waals surface area contributed by atoms with Crippen LogP contribution < -0.4 is 9.62 Å². The third kappa shape index (κ3) is 4.04. The normalized spacial score (nSPS) is 11.5. The van der Waals surface area contributed by atoms with Crippen molar-refractivity contribution in [1.29, 1.82) is 0 Å². The minimum absolute atomic E-state index is 0.210. The van der Waals surface area contributed by atoms with Crippen LogP contribution in [0.4, 0.5) is 11.4 Å². The summed E-state index contributed by atoms with van der Waals surface area (Å²) in [5, 5.41) is 6.64. The Morgan fingerprint density at radius 1 is 1.22 bits per heavy atom. The highest BCUT2D eigenvalue weighted by Crippen LogP contribution is 2.23. The molecule has 0 unspecified atom stereocenters. The minimum atomic E-state index is -3.64. The lowest BCUT2D eigenvalue weighted by molar-refractivity contribution is 0.600. The number of anilines is 2. The molecule has 2 rings (SSSR count). The Morgan fingerprint density at radius 2 is 1.87 bits per heavy atom. The van der Waals surface area contributed by atoms with E-state index in [0.717, 1.165) is 25.1 Å². The molecule has 0 bridgehead atoms. The fourth-order valence-corrected chi connectivity index (χ4v) is 3.88. The molecule has 0 aliphatic heterocycles. The summed E-state index contributed by atoms with van der Waals surface area (Å²) in [6.45, 7) is 6.50. The number of benzene rings is 1. The Morgan fingerprint density at radius 3 is 2.39 bits per heavy atom. The molecule has 0 aliphatic rings. The number of nitrogens with zero attached hydrogens (tertiary/aromatic N) is 2. The van der Waals surface area contributed by atoms with Crippen molar-refractivity contribution in [3.05, 3.63) is 35.7 Å². The molecule has 2 N–H and O–H groups in total. The molecule has 1 aromatic carbocycles. The van der Waals surface area contributed by atoms with E-state index in [0.29, 0.717) is 17.1 Å². The number of sulfonamides is 1. The van der Waals surface area contributed by atoms with Gasteiger partial charge >= 0.3 is 0 Å². The molecule has 0 atom stereocenters. The number of hydrogen-bond acceptors (Lipinski definition) is 4. The molecular weight excluding hydrogens is 312 g/mol. The van der Waals surface area contributed by atoms with Crippen molar-refractivity contribution in [3.63, 3.8) is 0 Å². The highest BCUT2D eigenvalue weighted by atomic mass is 32.2. The summed E-state index contributed by atoms with van der Waals surface area (Å²) in [5.74, 6) is 0. The fourth-order valence-electron chi connectivity index (χ4n) is 2.45. The lowest BCUT2D eigenvalue weighted by Gasteiger charge is -2.19. The Balaban J connectivity index is 2.15. The number of aromatic nitrogens is 2. The molecule has 0 saturated heterocycles. The van der Waals surface area contributed by atoms with Gasteiger partial charge in [-0.15, -0.1) is 0 Å². The van der Waals surface area contributed by atoms with Crippen molar-refractivity contribution < 1.29 is 8.42 Å². The van der Waals surface area contributed by atoms with Gasteiger partial charge in [0.05, 0.1) is 11.4 Å².